The number of hydrogen-bond acceptors (Lipinski definition) is 4. The van der Waals surface area contributed by atoms with E-state index in [-0.39, 0.29) is 32.1 Å². The highest BCUT2D eigenvalue weighted by atomic mass is 16.4. The average Bonchev–Trinajstić information content (AvgIpc) is 2.42. The predicted octanol–water partition coefficient (Wildman–Crippen LogP) is -0.914. The van der Waals surface area contributed by atoms with Crippen LogP contribution in [0.5, 0.6) is 0 Å². The summed E-state index contributed by atoms with van der Waals surface area (Å²) in [6, 6.07) is -1.59. The van der Waals surface area contributed by atoms with Gasteiger partial charge in [-0.2, -0.15) is 0 Å². The van der Waals surface area contributed by atoms with Crippen molar-refractivity contribution in [1.29, 1.82) is 0 Å². The summed E-state index contributed by atoms with van der Waals surface area (Å²) in [5.74, 6) is -1.53. The number of amides is 3. The standard InChI is InChI=1S/C12H21N3O5/c1-2-3-4-14(5-6-16)12(20)15-8-10(17)13-7-9(15)11(18)19/h9,16H,2-8H2,1H3,(H,13,17)(H,18,19). The van der Waals surface area contributed by atoms with Crippen LogP contribution in [0.3, 0.4) is 0 Å². The molecule has 0 aromatic heterocycles. The average molecular weight is 287 g/mol. The molecule has 1 aliphatic rings. The first-order chi connectivity index (χ1) is 9.51. The van der Waals surface area contributed by atoms with Gasteiger partial charge in [-0.25, -0.2) is 9.59 Å². The molecule has 0 radical (unpaired) electrons. The smallest absolute Gasteiger partial charge is 0.328 e. The summed E-state index contributed by atoms with van der Waals surface area (Å²) < 4.78 is 0. The summed E-state index contributed by atoms with van der Waals surface area (Å²) in [6.07, 6.45) is 1.63. The van der Waals surface area contributed by atoms with Crippen molar-refractivity contribution in [3.05, 3.63) is 0 Å². The van der Waals surface area contributed by atoms with Crippen LogP contribution in [0, 0.1) is 0 Å². The number of hydrogen-bond donors (Lipinski definition) is 3. The molecule has 1 fully saturated rings. The van der Waals surface area contributed by atoms with Crippen molar-refractivity contribution in [3.63, 3.8) is 0 Å². The minimum Gasteiger partial charge on any atom is -0.480 e. The highest BCUT2D eigenvalue weighted by Gasteiger charge is 2.37. The third-order valence-corrected chi connectivity index (χ3v) is 3.14. The van der Waals surface area contributed by atoms with Gasteiger partial charge in [-0.3, -0.25) is 9.69 Å². The molecule has 8 heteroatoms. The first kappa shape index (κ1) is 16.2. The molecular weight excluding hydrogens is 266 g/mol. The van der Waals surface area contributed by atoms with Crippen LogP contribution in [0.4, 0.5) is 4.79 Å². The molecule has 0 aromatic carbocycles. The zero-order valence-corrected chi connectivity index (χ0v) is 11.5. The Morgan fingerprint density at radius 1 is 1.45 bits per heavy atom. The fourth-order valence-electron chi connectivity index (χ4n) is 2.02. The summed E-state index contributed by atoms with van der Waals surface area (Å²) in [7, 11) is 0. The van der Waals surface area contributed by atoms with E-state index >= 15 is 0 Å². The Kier molecular flexibility index (Phi) is 6.23. The van der Waals surface area contributed by atoms with Crippen molar-refractivity contribution in [1.82, 2.24) is 15.1 Å². The molecule has 1 heterocycles. The number of carbonyl (C=O) groups is 3. The van der Waals surface area contributed by atoms with E-state index in [1.807, 2.05) is 6.92 Å². The van der Waals surface area contributed by atoms with Gasteiger partial charge < -0.3 is 20.4 Å². The lowest BCUT2D eigenvalue weighted by Gasteiger charge is -2.36. The Morgan fingerprint density at radius 3 is 2.70 bits per heavy atom. The topological polar surface area (TPSA) is 110 Å². The van der Waals surface area contributed by atoms with Gasteiger partial charge >= 0.3 is 12.0 Å². The number of nitrogens with one attached hydrogen (secondary N) is 1. The number of carboxylic acid groups (broad SMARTS) is 1. The Balaban J connectivity index is 2.81. The Labute approximate surface area is 117 Å². The fourth-order valence-corrected chi connectivity index (χ4v) is 2.02. The van der Waals surface area contributed by atoms with E-state index in [4.69, 9.17) is 10.2 Å². The van der Waals surface area contributed by atoms with Crippen molar-refractivity contribution in [2.75, 3.05) is 32.8 Å². The van der Waals surface area contributed by atoms with Crippen LogP contribution in [-0.4, -0.2) is 76.7 Å². The number of carboxylic acids is 1. The van der Waals surface area contributed by atoms with Gasteiger partial charge in [0.25, 0.3) is 0 Å². The monoisotopic (exact) mass is 287 g/mol. The third kappa shape index (κ3) is 4.09. The largest absolute Gasteiger partial charge is 0.480 e. The van der Waals surface area contributed by atoms with Gasteiger partial charge in [0.2, 0.25) is 5.91 Å². The van der Waals surface area contributed by atoms with Crippen LogP contribution in [0.1, 0.15) is 19.8 Å². The van der Waals surface area contributed by atoms with Gasteiger partial charge in [-0.05, 0) is 6.42 Å². The number of rotatable bonds is 6. The summed E-state index contributed by atoms with van der Waals surface area (Å²) in [5.41, 5.74) is 0. The molecule has 8 nitrogen and oxygen atoms in total. The highest BCUT2D eigenvalue weighted by molar-refractivity contribution is 5.90. The number of urea groups is 1. The van der Waals surface area contributed by atoms with Crippen LogP contribution < -0.4 is 5.32 Å². The molecule has 0 aliphatic carbocycles. The lowest BCUT2D eigenvalue weighted by Crippen LogP contribution is -2.62. The minimum atomic E-state index is -1.15. The van der Waals surface area contributed by atoms with E-state index in [1.54, 1.807) is 0 Å². The SMILES string of the molecule is CCCCN(CCO)C(=O)N1CC(=O)NCC1C(=O)O. The van der Waals surface area contributed by atoms with Crippen LogP contribution in [0.2, 0.25) is 0 Å². The maximum absolute atomic E-state index is 12.4. The van der Waals surface area contributed by atoms with Gasteiger partial charge in [-0.15, -0.1) is 0 Å². The van der Waals surface area contributed by atoms with E-state index in [0.29, 0.717) is 6.54 Å². The predicted molar refractivity (Wildman–Crippen MR) is 70.1 cm³/mol. The van der Waals surface area contributed by atoms with Crippen LogP contribution in [-0.2, 0) is 9.59 Å². The van der Waals surface area contributed by atoms with Crippen molar-refractivity contribution in [3.8, 4) is 0 Å². The summed E-state index contributed by atoms with van der Waals surface area (Å²) in [6.45, 7) is 1.96. The Hall–Kier alpha value is -1.83. The van der Waals surface area contributed by atoms with E-state index in [2.05, 4.69) is 5.32 Å². The summed E-state index contributed by atoms with van der Waals surface area (Å²) >= 11 is 0. The third-order valence-electron chi connectivity index (χ3n) is 3.14. The highest BCUT2D eigenvalue weighted by Crippen LogP contribution is 2.10. The molecule has 0 spiro atoms. The summed E-state index contributed by atoms with van der Waals surface area (Å²) in [5, 5.41) is 20.6. The van der Waals surface area contributed by atoms with Crippen LogP contribution in [0.15, 0.2) is 0 Å². The Bertz CT molecular complexity index is 374. The number of piperazine rings is 1. The molecule has 114 valence electrons. The molecule has 1 aliphatic heterocycles. The van der Waals surface area contributed by atoms with Crippen LogP contribution in [0.25, 0.3) is 0 Å². The second-order valence-electron chi connectivity index (χ2n) is 4.63. The molecule has 1 atom stereocenters. The second kappa shape index (κ2) is 7.68. The quantitative estimate of drug-likeness (QED) is 0.585. The van der Waals surface area contributed by atoms with Crippen molar-refractivity contribution < 1.29 is 24.6 Å². The summed E-state index contributed by atoms with van der Waals surface area (Å²) in [4.78, 5) is 37.3. The zero-order chi connectivity index (χ0) is 15.1. The molecule has 1 unspecified atom stereocenters. The van der Waals surface area contributed by atoms with Crippen LogP contribution >= 0.6 is 0 Å². The molecule has 3 N–H and O–H groups in total. The lowest BCUT2D eigenvalue weighted by atomic mass is 10.2. The molecule has 0 aromatic rings. The van der Waals surface area contributed by atoms with E-state index < -0.39 is 18.0 Å². The first-order valence-corrected chi connectivity index (χ1v) is 6.67. The molecule has 1 saturated heterocycles. The van der Waals surface area contributed by atoms with Gasteiger partial charge in [0.05, 0.1) is 6.61 Å². The van der Waals surface area contributed by atoms with Crippen molar-refractivity contribution in [2.45, 2.75) is 25.8 Å². The molecular formula is C12H21N3O5. The van der Waals surface area contributed by atoms with E-state index in [1.165, 1.54) is 4.90 Å². The van der Waals surface area contributed by atoms with Crippen molar-refractivity contribution in [2.24, 2.45) is 0 Å². The normalized spacial score (nSPS) is 18.6. The Morgan fingerprint density at radius 2 is 2.15 bits per heavy atom. The molecule has 1 rings (SSSR count). The van der Waals surface area contributed by atoms with Crippen molar-refractivity contribution >= 4 is 17.9 Å². The molecule has 0 saturated carbocycles. The van der Waals surface area contributed by atoms with Gasteiger partial charge in [0, 0.05) is 19.6 Å². The number of unbranched alkanes of at least 4 members (excludes halogenated alkanes) is 1. The van der Waals surface area contributed by atoms with E-state index in [0.717, 1.165) is 17.7 Å². The maximum Gasteiger partial charge on any atom is 0.328 e. The number of aliphatic carboxylic acids is 1. The van der Waals surface area contributed by atoms with Gasteiger partial charge in [0.15, 0.2) is 0 Å². The molecule has 0 bridgehead atoms. The molecule has 3 amide bonds. The lowest BCUT2D eigenvalue weighted by molar-refractivity contribution is -0.144. The maximum atomic E-state index is 12.4. The van der Waals surface area contributed by atoms with E-state index in [9.17, 15) is 14.4 Å². The molecule has 20 heavy (non-hydrogen) atoms. The van der Waals surface area contributed by atoms with Gasteiger partial charge in [0.1, 0.15) is 12.6 Å². The van der Waals surface area contributed by atoms with Gasteiger partial charge in [-0.1, -0.05) is 13.3 Å². The number of aliphatic hydroxyl groups excluding tert-OH is 1. The number of nitrogens with zero attached hydrogens (tertiary/aromatic N) is 2. The zero-order valence-electron chi connectivity index (χ0n) is 11.5. The fraction of sp³-hybridized carbons (Fsp3) is 0.750. The minimum absolute atomic E-state index is 0.0966. The first-order valence-electron chi connectivity index (χ1n) is 6.67. The number of aliphatic hydroxyl groups is 1. The second-order valence-corrected chi connectivity index (χ2v) is 4.63. The number of carbonyl (C=O) groups excluding carboxylic acids is 2.